The van der Waals surface area contributed by atoms with E-state index < -0.39 is 12.2 Å². The zero-order valence-electron chi connectivity index (χ0n) is 29.4. The quantitative estimate of drug-likeness (QED) is 0.196. The summed E-state index contributed by atoms with van der Waals surface area (Å²) in [7, 11) is 0. The van der Waals surface area contributed by atoms with E-state index in [1.807, 2.05) is 12.1 Å². The van der Waals surface area contributed by atoms with Crippen molar-refractivity contribution >= 4 is 0 Å². The van der Waals surface area contributed by atoms with Crippen molar-refractivity contribution in [3.8, 4) is 0 Å². The highest BCUT2D eigenvalue weighted by molar-refractivity contribution is 5.38. The first-order chi connectivity index (χ1) is 22.2. The van der Waals surface area contributed by atoms with E-state index in [1.54, 1.807) is 0 Å². The molecule has 5 rings (SSSR count). The minimum Gasteiger partial charge on any atom is -0.393 e. The Morgan fingerprint density at radius 3 is 1.41 bits per heavy atom. The van der Waals surface area contributed by atoms with Crippen LogP contribution in [0.2, 0.25) is 0 Å². The SMILES string of the molecule is C[C@H](C1CCCC2CC[C@H](C)OCC21)[C@H](O)CCc1cc(CO)c(CO)cc1CC[C@@H](O)[C@H](C)C1CCCC2CC[C@H](C)OCC21. The van der Waals surface area contributed by atoms with E-state index in [-0.39, 0.29) is 25.0 Å². The summed E-state index contributed by atoms with van der Waals surface area (Å²) in [5.74, 6) is 3.91. The minimum absolute atomic E-state index is 0.115. The molecule has 262 valence electrons. The van der Waals surface area contributed by atoms with Gasteiger partial charge in [0.2, 0.25) is 0 Å². The molecule has 12 atom stereocenters. The van der Waals surface area contributed by atoms with Crippen LogP contribution < -0.4 is 0 Å². The van der Waals surface area contributed by atoms with Crippen molar-refractivity contribution in [1.29, 1.82) is 0 Å². The standard InChI is InChI=1S/C40H66O6/c1-25-11-13-29-7-5-9-35(37(29)23-45-25)27(3)39(43)17-15-31-19-33(21-41)34(22-42)20-32(31)16-18-40(44)28(4)36-10-6-8-30-14-12-26(2)46-24-38(30)36/h19-20,25-30,35-44H,5-18,21-24H2,1-4H3/t25-,26-,27+,28+,29?,30?,35?,36?,37?,38?,39+,40+/m0/s1. The van der Waals surface area contributed by atoms with Crippen molar-refractivity contribution in [2.75, 3.05) is 13.2 Å². The van der Waals surface area contributed by atoms with Crippen molar-refractivity contribution in [3.05, 3.63) is 34.4 Å². The predicted molar refractivity (Wildman–Crippen MR) is 183 cm³/mol. The van der Waals surface area contributed by atoms with Gasteiger partial charge in [-0.15, -0.1) is 0 Å². The molecule has 4 aliphatic rings. The molecule has 2 aliphatic heterocycles. The molecular formula is C40H66O6. The fourth-order valence-electron chi connectivity index (χ4n) is 10.2. The molecule has 0 bridgehead atoms. The molecular weight excluding hydrogens is 576 g/mol. The van der Waals surface area contributed by atoms with Gasteiger partial charge < -0.3 is 29.9 Å². The second-order valence-corrected chi connectivity index (χ2v) is 16.1. The summed E-state index contributed by atoms with van der Waals surface area (Å²) in [6.45, 7) is 10.3. The maximum atomic E-state index is 11.5. The molecule has 46 heavy (non-hydrogen) atoms. The Labute approximate surface area is 279 Å². The fourth-order valence-corrected chi connectivity index (χ4v) is 10.2. The van der Waals surface area contributed by atoms with Gasteiger partial charge in [0.05, 0.1) is 50.8 Å². The molecule has 1 aromatic rings. The molecule has 6 nitrogen and oxygen atoms in total. The van der Waals surface area contributed by atoms with Gasteiger partial charge in [-0.05, 0) is 148 Å². The Morgan fingerprint density at radius 2 is 1.02 bits per heavy atom. The molecule has 0 radical (unpaired) electrons. The Kier molecular flexibility index (Phi) is 13.5. The number of rotatable bonds is 12. The highest BCUT2D eigenvalue weighted by Crippen LogP contribution is 2.46. The first-order valence-electron chi connectivity index (χ1n) is 19.1. The van der Waals surface area contributed by atoms with Crippen molar-refractivity contribution in [1.82, 2.24) is 0 Å². The van der Waals surface area contributed by atoms with Gasteiger partial charge in [-0.1, -0.05) is 51.7 Å². The zero-order chi connectivity index (χ0) is 32.8. The summed E-state index contributed by atoms with van der Waals surface area (Å²) in [5.41, 5.74) is 3.77. The van der Waals surface area contributed by atoms with E-state index in [2.05, 4.69) is 27.7 Å². The van der Waals surface area contributed by atoms with Gasteiger partial charge in [0.15, 0.2) is 0 Å². The molecule has 0 spiro atoms. The van der Waals surface area contributed by atoms with Gasteiger partial charge in [0.25, 0.3) is 0 Å². The van der Waals surface area contributed by atoms with Crippen LogP contribution in [0.5, 0.6) is 0 Å². The Bertz CT molecular complexity index is 993. The van der Waals surface area contributed by atoms with Crippen LogP contribution in [0.15, 0.2) is 12.1 Å². The number of hydrogen-bond acceptors (Lipinski definition) is 6. The molecule has 0 aromatic heterocycles. The first kappa shape index (κ1) is 36.3. The number of ether oxygens (including phenoxy) is 2. The highest BCUT2D eigenvalue weighted by atomic mass is 16.5. The Hall–Kier alpha value is -1.02. The molecule has 6 heteroatoms. The fraction of sp³-hybridized carbons (Fsp3) is 0.850. The molecule has 2 saturated heterocycles. The van der Waals surface area contributed by atoms with Crippen molar-refractivity contribution in [2.24, 2.45) is 47.3 Å². The average molecular weight is 643 g/mol. The minimum atomic E-state index is -0.401. The topological polar surface area (TPSA) is 99.4 Å². The molecule has 2 saturated carbocycles. The Balaban J connectivity index is 1.23. The molecule has 6 unspecified atom stereocenters. The van der Waals surface area contributed by atoms with Gasteiger partial charge >= 0.3 is 0 Å². The third kappa shape index (κ3) is 8.76. The summed E-state index contributed by atoms with van der Waals surface area (Å²) in [6, 6.07) is 4.09. The molecule has 0 amide bonds. The van der Waals surface area contributed by atoms with E-state index in [9.17, 15) is 20.4 Å². The molecule has 4 fully saturated rings. The van der Waals surface area contributed by atoms with E-state index >= 15 is 0 Å². The maximum absolute atomic E-state index is 11.5. The van der Waals surface area contributed by atoms with Gasteiger partial charge in [0, 0.05) is 0 Å². The van der Waals surface area contributed by atoms with Crippen LogP contribution >= 0.6 is 0 Å². The third-order valence-electron chi connectivity index (χ3n) is 13.4. The lowest BCUT2D eigenvalue weighted by atomic mass is 9.65. The summed E-state index contributed by atoms with van der Waals surface area (Å²) in [4.78, 5) is 0. The monoisotopic (exact) mass is 642 g/mol. The van der Waals surface area contributed by atoms with Crippen LogP contribution in [0.1, 0.15) is 127 Å². The summed E-state index contributed by atoms with van der Waals surface area (Å²) in [6.07, 6.45) is 14.9. The molecule has 2 aliphatic carbocycles. The highest BCUT2D eigenvalue weighted by Gasteiger charge is 2.41. The van der Waals surface area contributed by atoms with E-state index in [1.165, 1.54) is 51.4 Å². The van der Waals surface area contributed by atoms with Gasteiger partial charge in [-0.25, -0.2) is 0 Å². The van der Waals surface area contributed by atoms with Crippen molar-refractivity contribution in [2.45, 2.75) is 155 Å². The first-order valence-corrected chi connectivity index (χ1v) is 19.1. The second kappa shape index (κ2) is 17.1. The summed E-state index contributed by atoms with van der Waals surface area (Å²) < 4.78 is 12.4. The summed E-state index contributed by atoms with van der Waals surface area (Å²) >= 11 is 0. The van der Waals surface area contributed by atoms with Crippen LogP contribution in [0.3, 0.4) is 0 Å². The number of aryl methyl sites for hydroxylation is 2. The van der Waals surface area contributed by atoms with Crippen LogP contribution in [0.4, 0.5) is 0 Å². The molecule has 4 N–H and O–H groups in total. The number of fused-ring (bicyclic) bond motifs is 2. The molecule has 1 aromatic carbocycles. The lowest BCUT2D eigenvalue weighted by molar-refractivity contribution is -0.0227. The number of aliphatic hydroxyl groups is 4. The number of hydrogen-bond donors (Lipinski definition) is 4. The maximum Gasteiger partial charge on any atom is 0.0685 e. The van der Waals surface area contributed by atoms with Crippen LogP contribution in [0, 0.1) is 47.3 Å². The smallest absolute Gasteiger partial charge is 0.0685 e. The van der Waals surface area contributed by atoms with Gasteiger partial charge in [0.1, 0.15) is 0 Å². The van der Waals surface area contributed by atoms with Gasteiger partial charge in [-0.2, -0.15) is 0 Å². The lowest BCUT2D eigenvalue weighted by Crippen LogP contribution is -2.39. The van der Waals surface area contributed by atoms with Crippen LogP contribution in [0.25, 0.3) is 0 Å². The van der Waals surface area contributed by atoms with Gasteiger partial charge in [-0.3, -0.25) is 0 Å². The van der Waals surface area contributed by atoms with Crippen LogP contribution in [-0.4, -0.2) is 58.1 Å². The van der Waals surface area contributed by atoms with E-state index in [0.717, 1.165) is 73.0 Å². The average Bonchev–Trinajstić information content (AvgIpc) is 3.40. The lowest BCUT2D eigenvalue weighted by Gasteiger charge is -2.41. The van der Waals surface area contributed by atoms with Crippen molar-refractivity contribution < 1.29 is 29.9 Å². The summed E-state index contributed by atoms with van der Waals surface area (Å²) in [5, 5.41) is 43.3. The third-order valence-corrected chi connectivity index (χ3v) is 13.4. The van der Waals surface area contributed by atoms with E-state index in [4.69, 9.17) is 9.47 Å². The number of benzene rings is 1. The normalized spacial score (nSPS) is 34.8. The second-order valence-electron chi connectivity index (χ2n) is 16.1. The van der Waals surface area contributed by atoms with Crippen LogP contribution in [-0.2, 0) is 35.5 Å². The Morgan fingerprint density at radius 1 is 0.609 bits per heavy atom. The zero-order valence-corrected chi connectivity index (χ0v) is 29.4. The predicted octanol–water partition coefficient (Wildman–Crippen LogP) is 6.99. The largest absolute Gasteiger partial charge is 0.393 e. The number of aliphatic hydroxyl groups excluding tert-OH is 4. The van der Waals surface area contributed by atoms with Crippen molar-refractivity contribution in [3.63, 3.8) is 0 Å². The molecule has 2 heterocycles. The van der Waals surface area contributed by atoms with E-state index in [0.29, 0.717) is 48.7 Å².